The third kappa shape index (κ3) is 5.82. The van der Waals surface area contributed by atoms with E-state index in [2.05, 4.69) is 29.4 Å². The van der Waals surface area contributed by atoms with Crippen LogP contribution < -0.4 is 11.1 Å². The van der Waals surface area contributed by atoms with E-state index < -0.39 is 5.60 Å². The maximum Gasteiger partial charge on any atom is 0.193 e. The number of nitrogens with one attached hydrogen (secondary N) is 1. The molecule has 0 amide bonds. The third-order valence-corrected chi connectivity index (χ3v) is 3.94. The number of nitrogens with zero attached hydrogens (tertiary/aromatic N) is 1. The summed E-state index contributed by atoms with van der Waals surface area (Å²) < 4.78 is 0. The van der Waals surface area contributed by atoms with Crippen molar-refractivity contribution in [2.45, 2.75) is 51.0 Å². The van der Waals surface area contributed by atoms with Crippen molar-refractivity contribution in [3.8, 4) is 0 Å². The summed E-state index contributed by atoms with van der Waals surface area (Å²) in [5, 5.41) is 13.5. The predicted molar refractivity (Wildman–Crippen MR) is 99.4 cm³/mol. The van der Waals surface area contributed by atoms with Crippen LogP contribution in [0.15, 0.2) is 29.3 Å². The molecule has 0 bridgehead atoms. The second kappa shape index (κ2) is 8.58. The van der Waals surface area contributed by atoms with E-state index in [0.29, 0.717) is 12.5 Å². The molecule has 1 aromatic carbocycles. The molecule has 0 aromatic heterocycles. The van der Waals surface area contributed by atoms with Crippen LogP contribution in [0, 0.1) is 0 Å². The lowest BCUT2D eigenvalue weighted by atomic mass is 9.85. The number of guanidine groups is 1. The minimum Gasteiger partial charge on any atom is -0.388 e. The molecule has 118 valence electrons. The van der Waals surface area contributed by atoms with Crippen molar-refractivity contribution in [1.82, 2.24) is 0 Å². The summed E-state index contributed by atoms with van der Waals surface area (Å²) >= 11 is 0. The number of aryl methyl sites for hydroxylation is 1. The van der Waals surface area contributed by atoms with Crippen LogP contribution in [-0.2, 0) is 6.42 Å². The van der Waals surface area contributed by atoms with Crippen LogP contribution in [0.1, 0.15) is 44.6 Å². The standard InChI is InChI=1S/C16H25N3O.HI/c1-2-13-7-6-8-14(11-13)19-15(17)18-12-16(20)9-4-3-5-10-16;/h6-8,11,20H,2-5,9-10,12H2,1H3,(H3,17,18,19);1H. The number of hydrogen-bond donors (Lipinski definition) is 3. The summed E-state index contributed by atoms with van der Waals surface area (Å²) in [4.78, 5) is 4.30. The van der Waals surface area contributed by atoms with Crippen LogP contribution in [0.25, 0.3) is 0 Å². The van der Waals surface area contributed by atoms with Crippen LogP contribution >= 0.6 is 24.0 Å². The van der Waals surface area contributed by atoms with Crippen molar-refractivity contribution in [1.29, 1.82) is 0 Å². The lowest BCUT2D eigenvalue weighted by Gasteiger charge is -2.30. The highest BCUT2D eigenvalue weighted by Gasteiger charge is 2.28. The fourth-order valence-electron chi connectivity index (χ4n) is 2.66. The zero-order chi connectivity index (χ0) is 14.4. The van der Waals surface area contributed by atoms with Crippen LogP contribution in [-0.4, -0.2) is 23.2 Å². The van der Waals surface area contributed by atoms with Gasteiger partial charge in [0.05, 0.1) is 12.1 Å². The van der Waals surface area contributed by atoms with Gasteiger partial charge in [0, 0.05) is 5.69 Å². The molecule has 0 unspecified atom stereocenters. The summed E-state index contributed by atoms with van der Waals surface area (Å²) in [7, 11) is 0. The number of hydrogen-bond acceptors (Lipinski definition) is 2. The minimum absolute atomic E-state index is 0. The first-order chi connectivity index (χ1) is 9.61. The predicted octanol–water partition coefficient (Wildman–Crippen LogP) is 3.29. The van der Waals surface area contributed by atoms with Crippen molar-refractivity contribution in [3.05, 3.63) is 29.8 Å². The molecule has 4 N–H and O–H groups in total. The van der Waals surface area contributed by atoms with Gasteiger partial charge in [0.1, 0.15) is 0 Å². The zero-order valence-corrected chi connectivity index (χ0v) is 15.0. The van der Waals surface area contributed by atoms with E-state index in [-0.39, 0.29) is 24.0 Å². The molecule has 2 rings (SSSR count). The Hall–Kier alpha value is -0.820. The lowest BCUT2D eigenvalue weighted by Crippen LogP contribution is -2.36. The Morgan fingerprint density at radius 2 is 2.05 bits per heavy atom. The maximum absolute atomic E-state index is 10.4. The highest BCUT2D eigenvalue weighted by Crippen LogP contribution is 2.28. The second-order valence-electron chi connectivity index (χ2n) is 5.67. The van der Waals surface area contributed by atoms with Crippen LogP contribution in [0.3, 0.4) is 0 Å². The van der Waals surface area contributed by atoms with E-state index in [4.69, 9.17) is 5.73 Å². The average molecular weight is 403 g/mol. The molecule has 0 atom stereocenters. The molecule has 0 spiro atoms. The summed E-state index contributed by atoms with van der Waals surface area (Å²) in [6, 6.07) is 8.13. The summed E-state index contributed by atoms with van der Waals surface area (Å²) in [6.07, 6.45) is 6.02. The van der Waals surface area contributed by atoms with Gasteiger partial charge in [0.15, 0.2) is 5.96 Å². The molecule has 1 fully saturated rings. The topological polar surface area (TPSA) is 70.6 Å². The van der Waals surface area contributed by atoms with E-state index >= 15 is 0 Å². The monoisotopic (exact) mass is 403 g/mol. The molecule has 4 nitrogen and oxygen atoms in total. The molecule has 0 saturated heterocycles. The van der Waals surface area contributed by atoms with Gasteiger partial charge in [-0.2, -0.15) is 0 Å². The molecule has 0 radical (unpaired) electrons. The Bertz CT molecular complexity index is 470. The normalized spacial score (nSPS) is 17.9. The van der Waals surface area contributed by atoms with E-state index in [1.54, 1.807) is 0 Å². The van der Waals surface area contributed by atoms with Gasteiger partial charge in [0.2, 0.25) is 0 Å². The van der Waals surface area contributed by atoms with Gasteiger partial charge in [-0.25, -0.2) is 0 Å². The van der Waals surface area contributed by atoms with Crippen LogP contribution in [0.5, 0.6) is 0 Å². The van der Waals surface area contributed by atoms with Gasteiger partial charge in [-0.3, -0.25) is 4.99 Å². The van der Waals surface area contributed by atoms with Gasteiger partial charge in [-0.05, 0) is 37.0 Å². The van der Waals surface area contributed by atoms with Crippen LogP contribution in [0.4, 0.5) is 5.69 Å². The average Bonchev–Trinajstić information content (AvgIpc) is 2.46. The zero-order valence-electron chi connectivity index (χ0n) is 12.6. The number of halogens is 1. The molecular formula is C16H26IN3O. The molecule has 21 heavy (non-hydrogen) atoms. The van der Waals surface area contributed by atoms with Crippen molar-refractivity contribution in [2.75, 3.05) is 11.9 Å². The first-order valence-electron chi connectivity index (χ1n) is 7.49. The van der Waals surface area contributed by atoms with Gasteiger partial charge >= 0.3 is 0 Å². The number of nitrogens with two attached hydrogens (primary N) is 1. The number of anilines is 1. The van der Waals surface area contributed by atoms with Gasteiger partial charge in [0.25, 0.3) is 0 Å². The van der Waals surface area contributed by atoms with Crippen molar-refractivity contribution in [3.63, 3.8) is 0 Å². The number of benzene rings is 1. The first-order valence-corrected chi connectivity index (χ1v) is 7.49. The van der Waals surface area contributed by atoms with Gasteiger partial charge < -0.3 is 16.2 Å². The second-order valence-corrected chi connectivity index (χ2v) is 5.67. The molecular weight excluding hydrogens is 377 g/mol. The quantitative estimate of drug-likeness (QED) is 0.411. The Balaban J connectivity index is 0.00000220. The van der Waals surface area contributed by atoms with Crippen molar-refractivity contribution in [2.24, 2.45) is 10.7 Å². The Morgan fingerprint density at radius 1 is 1.33 bits per heavy atom. The molecule has 5 heteroatoms. The van der Waals surface area contributed by atoms with E-state index in [1.807, 2.05) is 12.1 Å². The fraction of sp³-hybridized carbons (Fsp3) is 0.562. The largest absolute Gasteiger partial charge is 0.388 e. The molecule has 1 aliphatic carbocycles. The van der Waals surface area contributed by atoms with E-state index in [9.17, 15) is 5.11 Å². The summed E-state index contributed by atoms with van der Waals surface area (Å²) in [5.41, 5.74) is 7.45. The number of rotatable bonds is 4. The van der Waals surface area contributed by atoms with Crippen LogP contribution in [0.2, 0.25) is 0 Å². The lowest BCUT2D eigenvalue weighted by molar-refractivity contribution is 0.0132. The highest BCUT2D eigenvalue weighted by atomic mass is 127. The molecule has 0 heterocycles. The van der Waals surface area contributed by atoms with E-state index in [0.717, 1.165) is 37.8 Å². The highest BCUT2D eigenvalue weighted by molar-refractivity contribution is 14.0. The first kappa shape index (κ1) is 18.2. The molecule has 0 aliphatic heterocycles. The number of aliphatic hydroxyl groups is 1. The molecule has 1 aliphatic rings. The number of aliphatic imine (C=N–C) groups is 1. The van der Waals surface area contributed by atoms with Crippen molar-refractivity contribution >= 4 is 35.6 Å². The fourth-order valence-corrected chi connectivity index (χ4v) is 2.66. The Kier molecular flexibility index (Phi) is 7.45. The minimum atomic E-state index is -0.657. The molecule has 1 saturated carbocycles. The maximum atomic E-state index is 10.4. The summed E-state index contributed by atoms with van der Waals surface area (Å²) in [6.45, 7) is 2.51. The molecule has 1 aromatic rings. The third-order valence-electron chi connectivity index (χ3n) is 3.94. The van der Waals surface area contributed by atoms with Crippen molar-refractivity contribution < 1.29 is 5.11 Å². The smallest absolute Gasteiger partial charge is 0.193 e. The summed E-state index contributed by atoms with van der Waals surface area (Å²) in [5.74, 6) is 0.372. The SMILES string of the molecule is CCc1cccc(NC(N)=NCC2(O)CCCCC2)c1.I. The van der Waals surface area contributed by atoms with Gasteiger partial charge in [-0.1, -0.05) is 38.3 Å². The Labute approximate surface area is 144 Å². The Morgan fingerprint density at radius 3 is 2.71 bits per heavy atom. The van der Waals surface area contributed by atoms with E-state index in [1.165, 1.54) is 12.0 Å². The van der Waals surface area contributed by atoms with Gasteiger partial charge in [-0.15, -0.1) is 24.0 Å².